The summed E-state index contributed by atoms with van der Waals surface area (Å²) in [6, 6.07) is 11.2. The Labute approximate surface area is 132 Å². The molecule has 0 aliphatic heterocycles. The van der Waals surface area contributed by atoms with Crippen molar-refractivity contribution >= 4 is 22.5 Å². The SMILES string of the molecule is COc1cc(-c2c[nH]c3c(NC(=O)CC#N)cccc23)ccn1. The summed E-state index contributed by atoms with van der Waals surface area (Å²) < 4.78 is 5.16. The predicted molar refractivity (Wildman–Crippen MR) is 86.9 cm³/mol. The minimum atomic E-state index is -0.332. The first kappa shape index (κ1) is 14.6. The molecule has 0 bridgehead atoms. The van der Waals surface area contributed by atoms with Crippen LogP contribution in [0, 0.1) is 11.3 Å². The average Bonchev–Trinajstić information content (AvgIpc) is 3.00. The van der Waals surface area contributed by atoms with Crippen LogP contribution in [0.15, 0.2) is 42.7 Å². The number of nitrogens with one attached hydrogen (secondary N) is 2. The van der Waals surface area contributed by atoms with Gasteiger partial charge in [-0.15, -0.1) is 0 Å². The molecule has 6 nitrogen and oxygen atoms in total. The Bertz CT molecular complexity index is 908. The fourth-order valence-electron chi connectivity index (χ4n) is 2.45. The molecule has 0 fully saturated rings. The molecule has 0 aliphatic carbocycles. The lowest BCUT2D eigenvalue weighted by Crippen LogP contribution is -2.10. The molecule has 2 N–H and O–H groups in total. The van der Waals surface area contributed by atoms with E-state index < -0.39 is 0 Å². The Balaban J connectivity index is 2.04. The number of para-hydroxylation sites is 1. The smallest absolute Gasteiger partial charge is 0.238 e. The Morgan fingerprint density at radius 3 is 3.09 bits per heavy atom. The number of nitriles is 1. The van der Waals surface area contributed by atoms with Crippen LogP contribution in [0.2, 0.25) is 0 Å². The van der Waals surface area contributed by atoms with E-state index in [1.165, 1.54) is 0 Å². The molecular weight excluding hydrogens is 292 g/mol. The second kappa shape index (κ2) is 6.20. The number of carbonyl (C=O) groups is 1. The van der Waals surface area contributed by atoms with Crippen LogP contribution in [0.5, 0.6) is 5.88 Å². The van der Waals surface area contributed by atoms with E-state index in [9.17, 15) is 4.79 Å². The zero-order chi connectivity index (χ0) is 16.2. The molecule has 0 radical (unpaired) electrons. The maximum absolute atomic E-state index is 11.6. The molecule has 0 aliphatic rings. The van der Waals surface area contributed by atoms with Crippen LogP contribution in [0.3, 0.4) is 0 Å². The van der Waals surface area contributed by atoms with Crippen LogP contribution < -0.4 is 10.1 Å². The number of nitrogens with zero attached hydrogens (tertiary/aromatic N) is 2. The van der Waals surface area contributed by atoms with Crippen molar-refractivity contribution in [3.63, 3.8) is 0 Å². The molecule has 114 valence electrons. The largest absolute Gasteiger partial charge is 0.481 e. The van der Waals surface area contributed by atoms with E-state index in [2.05, 4.69) is 15.3 Å². The molecule has 2 heterocycles. The van der Waals surface area contributed by atoms with Gasteiger partial charge in [-0.25, -0.2) is 4.98 Å². The molecule has 2 aromatic heterocycles. The van der Waals surface area contributed by atoms with E-state index in [0.717, 1.165) is 22.0 Å². The van der Waals surface area contributed by atoms with Gasteiger partial charge in [0.2, 0.25) is 11.8 Å². The molecule has 3 aromatic rings. The van der Waals surface area contributed by atoms with Gasteiger partial charge in [0, 0.05) is 29.4 Å². The van der Waals surface area contributed by atoms with E-state index in [4.69, 9.17) is 10.00 Å². The van der Waals surface area contributed by atoms with E-state index in [-0.39, 0.29) is 12.3 Å². The molecule has 0 atom stereocenters. The number of pyridine rings is 1. The fourth-order valence-corrected chi connectivity index (χ4v) is 2.45. The number of ether oxygens (including phenoxy) is 1. The first-order chi connectivity index (χ1) is 11.2. The van der Waals surface area contributed by atoms with Crippen LogP contribution in [-0.4, -0.2) is 23.0 Å². The molecule has 1 amide bonds. The summed E-state index contributed by atoms with van der Waals surface area (Å²) in [5.41, 5.74) is 3.40. The molecule has 3 rings (SSSR count). The zero-order valence-electron chi connectivity index (χ0n) is 12.5. The average molecular weight is 306 g/mol. The third-order valence-corrected chi connectivity index (χ3v) is 3.48. The quantitative estimate of drug-likeness (QED) is 0.775. The van der Waals surface area contributed by atoms with E-state index >= 15 is 0 Å². The second-order valence-electron chi connectivity index (χ2n) is 4.90. The van der Waals surface area contributed by atoms with E-state index in [0.29, 0.717) is 11.6 Å². The van der Waals surface area contributed by atoms with Gasteiger partial charge in [0.05, 0.1) is 24.4 Å². The molecule has 23 heavy (non-hydrogen) atoms. The number of hydrogen-bond donors (Lipinski definition) is 2. The lowest BCUT2D eigenvalue weighted by Gasteiger charge is -2.06. The minimum absolute atomic E-state index is 0.175. The van der Waals surface area contributed by atoms with Gasteiger partial charge in [0.15, 0.2) is 0 Å². The molecule has 1 aromatic carbocycles. The lowest BCUT2D eigenvalue weighted by atomic mass is 10.1. The van der Waals surface area contributed by atoms with Crippen molar-refractivity contribution < 1.29 is 9.53 Å². The van der Waals surface area contributed by atoms with Gasteiger partial charge in [0.25, 0.3) is 0 Å². The van der Waals surface area contributed by atoms with Crippen LogP contribution in [0.4, 0.5) is 5.69 Å². The summed E-state index contributed by atoms with van der Waals surface area (Å²) in [5.74, 6) is 0.206. The van der Waals surface area contributed by atoms with E-state index in [1.807, 2.05) is 36.5 Å². The number of aromatic nitrogens is 2. The van der Waals surface area contributed by atoms with Gasteiger partial charge in [-0.3, -0.25) is 4.79 Å². The van der Waals surface area contributed by atoms with Crippen molar-refractivity contribution in [2.45, 2.75) is 6.42 Å². The Morgan fingerprint density at radius 2 is 2.30 bits per heavy atom. The maximum atomic E-state index is 11.6. The van der Waals surface area contributed by atoms with Crippen molar-refractivity contribution in [3.8, 4) is 23.1 Å². The fraction of sp³-hybridized carbons (Fsp3) is 0.118. The third kappa shape index (κ3) is 2.85. The monoisotopic (exact) mass is 306 g/mol. The highest BCUT2D eigenvalue weighted by Crippen LogP contribution is 2.33. The lowest BCUT2D eigenvalue weighted by molar-refractivity contribution is -0.115. The van der Waals surface area contributed by atoms with Gasteiger partial charge in [0.1, 0.15) is 6.42 Å². The summed E-state index contributed by atoms with van der Waals surface area (Å²) in [5, 5.41) is 12.3. The minimum Gasteiger partial charge on any atom is -0.481 e. The number of rotatable bonds is 4. The first-order valence-corrected chi connectivity index (χ1v) is 7.00. The van der Waals surface area contributed by atoms with Crippen molar-refractivity contribution in [3.05, 3.63) is 42.7 Å². The number of carbonyl (C=O) groups excluding carboxylic acids is 1. The van der Waals surface area contributed by atoms with Gasteiger partial charge in [-0.05, 0) is 17.7 Å². The van der Waals surface area contributed by atoms with Crippen molar-refractivity contribution in [2.75, 3.05) is 12.4 Å². The predicted octanol–water partition coefficient (Wildman–Crippen LogP) is 3.09. The molecule has 0 spiro atoms. The summed E-state index contributed by atoms with van der Waals surface area (Å²) >= 11 is 0. The zero-order valence-corrected chi connectivity index (χ0v) is 12.5. The molecule has 0 unspecified atom stereocenters. The van der Waals surface area contributed by atoms with Gasteiger partial charge < -0.3 is 15.0 Å². The molecular formula is C17H14N4O2. The first-order valence-electron chi connectivity index (χ1n) is 7.00. The normalized spacial score (nSPS) is 10.3. The van der Waals surface area contributed by atoms with Gasteiger partial charge in [-0.1, -0.05) is 12.1 Å². The number of H-pyrrole nitrogens is 1. The van der Waals surface area contributed by atoms with Crippen molar-refractivity contribution in [1.29, 1.82) is 5.26 Å². The number of fused-ring (bicyclic) bond motifs is 1. The van der Waals surface area contributed by atoms with E-state index in [1.54, 1.807) is 19.4 Å². The Hall–Kier alpha value is -3.33. The molecule has 0 saturated heterocycles. The number of benzene rings is 1. The van der Waals surface area contributed by atoms with Crippen LogP contribution >= 0.6 is 0 Å². The highest BCUT2D eigenvalue weighted by Gasteiger charge is 2.11. The highest BCUT2D eigenvalue weighted by atomic mass is 16.5. The van der Waals surface area contributed by atoms with Gasteiger partial charge in [-0.2, -0.15) is 5.26 Å². The number of hydrogen-bond acceptors (Lipinski definition) is 4. The summed E-state index contributed by atoms with van der Waals surface area (Å²) in [6.45, 7) is 0. The topological polar surface area (TPSA) is 90.8 Å². The van der Waals surface area contributed by atoms with Crippen LogP contribution in [0.25, 0.3) is 22.0 Å². The Kier molecular flexibility index (Phi) is 3.93. The Morgan fingerprint density at radius 1 is 1.43 bits per heavy atom. The molecule has 6 heteroatoms. The van der Waals surface area contributed by atoms with Crippen molar-refractivity contribution in [2.24, 2.45) is 0 Å². The second-order valence-corrected chi connectivity index (χ2v) is 4.90. The van der Waals surface area contributed by atoms with Gasteiger partial charge >= 0.3 is 0 Å². The molecule has 0 saturated carbocycles. The van der Waals surface area contributed by atoms with Crippen LogP contribution in [0.1, 0.15) is 6.42 Å². The third-order valence-electron chi connectivity index (χ3n) is 3.48. The maximum Gasteiger partial charge on any atom is 0.238 e. The van der Waals surface area contributed by atoms with Crippen LogP contribution in [-0.2, 0) is 4.79 Å². The summed E-state index contributed by atoms with van der Waals surface area (Å²) in [7, 11) is 1.57. The summed E-state index contributed by atoms with van der Waals surface area (Å²) in [6.07, 6.45) is 3.39. The standard InChI is InChI=1S/C17H14N4O2/c1-23-16-9-11(6-8-19-16)13-10-20-17-12(13)3-2-4-14(17)21-15(22)5-7-18/h2-4,6,8-10,20H,5H2,1H3,(H,21,22). The summed E-state index contributed by atoms with van der Waals surface area (Å²) in [4.78, 5) is 18.9. The highest BCUT2D eigenvalue weighted by molar-refractivity contribution is 6.06. The number of methoxy groups -OCH3 is 1. The number of anilines is 1. The number of amides is 1. The van der Waals surface area contributed by atoms with Crippen molar-refractivity contribution in [1.82, 2.24) is 9.97 Å². The number of aromatic amines is 1.